The molecule has 1 atom stereocenters. The third kappa shape index (κ3) is 2.54. The first-order chi connectivity index (χ1) is 9.04. The van der Waals surface area contributed by atoms with E-state index in [4.69, 9.17) is 4.74 Å². The van der Waals surface area contributed by atoms with Gasteiger partial charge in [-0.25, -0.2) is 0 Å². The molecule has 0 fully saturated rings. The molecule has 1 aliphatic rings. The van der Waals surface area contributed by atoms with Gasteiger partial charge in [0.05, 0.1) is 5.69 Å². The van der Waals surface area contributed by atoms with E-state index in [1.54, 1.807) is 37.1 Å². The SMILES string of the molecule is CCCNC(=O)c1ccc2c(c1)OC(C)C(=O)N2C. The highest BCUT2D eigenvalue weighted by atomic mass is 16.5. The van der Waals surface area contributed by atoms with Gasteiger partial charge in [-0.05, 0) is 31.5 Å². The number of fused-ring (bicyclic) bond motifs is 1. The van der Waals surface area contributed by atoms with E-state index in [2.05, 4.69) is 5.32 Å². The van der Waals surface area contributed by atoms with E-state index in [1.807, 2.05) is 6.92 Å². The zero-order valence-corrected chi connectivity index (χ0v) is 11.4. The molecule has 1 aromatic carbocycles. The maximum atomic E-state index is 11.9. The highest BCUT2D eigenvalue weighted by Crippen LogP contribution is 2.33. The first-order valence-corrected chi connectivity index (χ1v) is 6.41. The van der Waals surface area contributed by atoms with Crippen molar-refractivity contribution in [1.82, 2.24) is 5.32 Å². The molecule has 0 saturated carbocycles. The van der Waals surface area contributed by atoms with Gasteiger partial charge in [0.1, 0.15) is 5.75 Å². The van der Waals surface area contributed by atoms with E-state index in [0.717, 1.165) is 6.42 Å². The Bertz CT molecular complexity index is 513. The largest absolute Gasteiger partial charge is 0.479 e. The molecular weight excluding hydrogens is 244 g/mol. The molecule has 0 saturated heterocycles. The van der Waals surface area contributed by atoms with Crippen LogP contribution in [-0.4, -0.2) is 31.5 Å². The molecule has 102 valence electrons. The zero-order chi connectivity index (χ0) is 14.0. The summed E-state index contributed by atoms with van der Waals surface area (Å²) < 4.78 is 5.54. The summed E-state index contributed by atoms with van der Waals surface area (Å²) in [5.41, 5.74) is 1.23. The van der Waals surface area contributed by atoms with Crippen LogP contribution >= 0.6 is 0 Å². The Morgan fingerprint density at radius 2 is 2.21 bits per heavy atom. The first-order valence-electron chi connectivity index (χ1n) is 6.41. The Labute approximate surface area is 112 Å². The Hall–Kier alpha value is -2.04. The summed E-state index contributed by atoms with van der Waals surface area (Å²) in [4.78, 5) is 25.2. The van der Waals surface area contributed by atoms with Gasteiger partial charge in [0.2, 0.25) is 0 Å². The van der Waals surface area contributed by atoms with Crippen LogP contribution in [0, 0.1) is 0 Å². The number of hydrogen-bond acceptors (Lipinski definition) is 3. The molecule has 0 bridgehead atoms. The topological polar surface area (TPSA) is 58.6 Å². The fourth-order valence-corrected chi connectivity index (χ4v) is 2.00. The minimum Gasteiger partial charge on any atom is -0.479 e. The van der Waals surface area contributed by atoms with Crippen LogP contribution in [0.1, 0.15) is 30.6 Å². The van der Waals surface area contributed by atoms with Crippen molar-refractivity contribution in [3.8, 4) is 5.75 Å². The standard InChI is InChI=1S/C14H18N2O3/c1-4-7-15-13(17)10-5-6-11-12(8-10)19-9(2)14(18)16(11)3/h5-6,8-9H,4,7H2,1-3H3,(H,15,17). The molecule has 2 rings (SSSR count). The number of carbonyl (C=O) groups is 2. The van der Waals surface area contributed by atoms with Gasteiger partial charge in [-0.1, -0.05) is 6.92 Å². The highest BCUT2D eigenvalue weighted by Gasteiger charge is 2.29. The summed E-state index contributed by atoms with van der Waals surface area (Å²) in [6.45, 7) is 4.34. The summed E-state index contributed by atoms with van der Waals surface area (Å²) in [5, 5.41) is 2.81. The number of ether oxygens (including phenoxy) is 1. The van der Waals surface area contributed by atoms with E-state index < -0.39 is 6.10 Å². The summed E-state index contributed by atoms with van der Waals surface area (Å²) in [5.74, 6) is 0.356. The smallest absolute Gasteiger partial charge is 0.267 e. The number of rotatable bonds is 3. The summed E-state index contributed by atoms with van der Waals surface area (Å²) >= 11 is 0. The Kier molecular flexibility index (Phi) is 3.74. The van der Waals surface area contributed by atoms with Crippen molar-refractivity contribution in [2.45, 2.75) is 26.4 Å². The molecule has 1 aromatic rings. The van der Waals surface area contributed by atoms with Crippen molar-refractivity contribution in [2.75, 3.05) is 18.5 Å². The number of anilines is 1. The van der Waals surface area contributed by atoms with Crippen molar-refractivity contribution in [1.29, 1.82) is 0 Å². The molecule has 0 spiro atoms. The number of hydrogen-bond donors (Lipinski definition) is 1. The lowest BCUT2D eigenvalue weighted by Crippen LogP contribution is -2.42. The number of nitrogens with zero attached hydrogens (tertiary/aromatic N) is 1. The van der Waals surface area contributed by atoms with Crippen LogP contribution in [-0.2, 0) is 4.79 Å². The first kappa shape index (κ1) is 13.4. The molecule has 2 amide bonds. The summed E-state index contributed by atoms with van der Waals surface area (Å²) in [6, 6.07) is 5.12. The van der Waals surface area contributed by atoms with Gasteiger partial charge in [0.15, 0.2) is 6.10 Å². The van der Waals surface area contributed by atoms with Crippen LogP contribution in [0.3, 0.4) is 0 Å². The van der Waals surface area contributed by atoms with Gasteiger partial charge < -0.3 is 15.0 Å². The summed E-state index contributed by atoms with van der Waals surface area (Å²) in [7, 11) is 1.71. The fraction of sp³-hybridized carbons (Fsp3) is 0.429. The number of benzene rings is 1. The van der Waals surface area contributed by atoms with Gasteiger partial charge in [-0.3, -0.25) is 9.59 Å². The van der Waals surface area contributed by atoms with Gasteiger partial charge in [0.25, 0.3) is 11.8 Å². The van der Waals surface area contributed by atoms with Crippen molar-refractivity contribution in [3.63, 3.8) is 0 Å². The van der Waals surface area contributed by atoms with Crippen LogP contribution in [0.5, 0.6) is 5.75 Å². The van der Waals surface area contributed by atoms with Crippen molar-refractivity contribution >= 4 is 17.5 Å². The Balaban J connectivity index is 2.27. The van der Waals surface area contributed by atoms with Gasteiger partial charge in [0, 0.05) is 19.2 Å². The second kappa shape index (κ2) is 5.30. The average Bonchev–Trinajstić information content (AvgIpc) is 2.41. The van der Waals surface area contributed by atoms with E-state index in [9.17, 15) is 9.59 Å². The lowest BCUT2D eigenvalue weighted by molar-refractivity contribution is -0.125. The molecule has 0 aromatic heterocycles. The molecule has 0 aliphatic carbocycles. The van der Waals surface area contributed by atoms with Crippen LogP contribution < -0.4 is 15.0 Å². The van der Waals surface area contributed by atoms with Crippen molar-refractivity contribution in [2.24, 2.45) is 0 Å². The normalized spacial score (nSPS) is 17.7. The minimum absolute atomic E-state index is 0.0873. The molecule has 1 N–H and O–H groups in total. The van der Waals surface area contributed by atoms with E-state index >= 15 is 0 Å². The number of carbonyl (C=O) groups excluding carboxylic acids is 2. The van der Waals surface area contributed by atoms with Crippen LogP contribution in [0.2, 0.25) is 0 Å². The summed E-state index contributed by atoms with van der Waals surface area (Å²) in [6.07, 6.45) is 0.369. The quantitative estimate of drug-likeness (QED) is 0.899. The molecule has 5 nitrogen and oxygen atoms in total. The Morgan fingerprint density at radius 1 is 1.47 bits per heavy atom. The van der Waals surface area contributed by atoms with Crippen molar-refractivity contribution in [3.05, 3.63) is 23.8 Å². The van der Waals surface area contributed by atoms with Gasteiger partial charge in [-0.2, -0.15) is 0 Å². The monoisotopic (exact) mass is 262 g/mol. The van der Waals surface area contributed by atoms with Crippen LogP contribution in [0.4, 0.5) is 5.69 Å². The lowest BCUT2D eigenvalue weighted by atomic mass is 10.1. The average molecular weight is 262 g/mol. The number of likely N-dealkylation sites (N-methyl/N-ethyl adjacent to an activating group) is 1. The predicted octanol–water partition coefficient (Wildman–Crippen LogP) is 1.57. The zero-order valence-electron chi connectivity index (χ0n) is 11.4. The van der Waals surface area contributed by atoms with E-state index in [-0.39, 0.29) is 11.8 Å². The van der Waals surface area contributed by atoms with Crippen LogP contribution in [0.25, 0.3) is 0 Å². The fourth-order valence-electron chi connectivity index (χ4n) is 2.00. The molecule has 1 unspecified atom stereocenters. The third-order valence-electron chi connectivity index (χ3n) is 3.10. The minimum atomic E-state index is -0.522. The highest BCUT2D eigenvalue weighted by molar-refractivity contribution is 6.01. The van der Waals surface area contributed by atoms with Crippen molar-refractivity contribution < 1.29 is 14.3 Å². The molecule has 5 heteroatoms. The second-order valence-electron chi connectivity index (χ2n) is 4.60. The molecule has 19 heavy (non-hydrogen) atoms. The number of amides is 2. The van der Waals surface area contributed by atoms with E-state index in [1.165, 1.54) is 0 Å². The van der Waals surface area contributed by atoms with Crippen LogP contribution in [0.15, 0.2) is 18.2 Å². The molecule has 1 aliphatic heterocycles. The molecule has 1 heterocycles. The predicted molar refractivity (Wildman–Crippen MR) is 72.6 cm³/mol. The van der Waals surface area contributed by atoms with Gasteiger partial charge in [-0.15, -0.1) is 0 Å². The third-order valence-corrected chi connectivity index (χ3v) is 3.10. The molecular formula is C14H18N2O3. The van der Waals surface area contributed by atoms with Gasteiger partial charge >= 0.3 is 0 Å². The second-order valence-corrected chi connectivity index (χ2v) is 4.60. The maximum absolute atomic E-state index is 11.9. The maximum Gasteiger partial charge on any atom is 0.267 e. The van der Waals surface area contributed by atoms with E-state index in [0.29, 0.717) is 23.5 Å². The Morgan fingerprint density at radius 3 is 2.89 bits per heavy atom. The number of nitrogens with one attached hydrogen (secondary N) is 1. The molecule has 0 radical (unpaired) electrons. The lowest BCUT2D eigenvalue weighted by Gasteiger charge is -2.30.